The van der Waals surface area contributed by atoms with E-state index in [1.54, 1.807) is 0 Å². The molecule has 7 rings (SSSR count). The van der Waals surface area contributed by atoms with Crippen LogP contribution in [0, 0.1) is 0 Å². The lowest BCUT2D eigenvalue weighted by molar-refractivity contribution is 0.00578. The van der Waals surface area contributed by atoms with E-state index in [2.05, 4.69) is 137 Å². The van der Waals surface area contributed by atoms with Crippen molar-refractivity contribution in [3.8, 4) is 22.4 Å². The number of hydrogen-bond acceptors (Lipinski definition) is 3. The molecular weight excluding hydrogens is 477 g/mol. The van der Waals surface area contributed by atoms with E-state index in [9.17, 15) is 0 Å². The Labute approximate surface area is 229 Å². The lowest BCUT2D eigenvalue weighted by Crippen LogP contribution is -2.41. The Bertz CT molecular complexity index is 1840. The van der Waals surface area contributed by atoms with Gasteiger partial charge in [0, 0.05) is 21.7 Å². The molecular formula is C35H30BNO2. The molecule has 4 heteroatoms. The van der Waals surface area contributed by atoms with Crippen LogP contribution in [0.4, 0.5) is 0 Å². The zero-order valence-corrected chi connectivity index (χ0v) is 22.7. The molecule has 6 aromatic rings. The van der Waals surface area contributed by atoms with Gasteiger partial charge in [0.15, 0.2) is 0 Å². The van der Waals surface area contributed by atoms with Gasteiger partial charge in [0.25, 0.3) is 0 Å². The number of hydrogen-bond donors (Lipinski definition) is 0. The van der Waals surface area contributed by atoms with E-state index in [0.29, 0.717) is 0 Å². The van der Waals surface area contributed by atoms with Crippen molar-refractivity contribution in [2.75, 3.05) is 0 Å². The number of fused-ring (bicyclic) bond motifs is 5. The molecule has 0 spiro atoms. The van der Waals surface area contributed by atoms with Crippen molar-refractivity contribution in [1.29, 1.82) is 0 Å². The average Bonchev–Trinajstić information content (AvgIpc) is 3.18. The Hall–Kier alpha value is -3.99. The highest BCUT2D eigenvalue weighted by molar-refractivity contribution is 6.62. The number of pyridine rings is 1. The van der Waals surface area contributed by atoms with Gasteiger partial charge in [0.2, 0.25) is 0 Å². The standard InChI is InChI=1S/C35H30BNO2/c1-34(2)35(3,4)39-36(38-34)25-20-18-24(19-21-25)33-30-22-29(23-12-6-5-7-13-23)26-14-8-9-15-27(26)32(30)28-16-10-11-17-31(28)37-33/h5-22H,1-4H3. The van der Waals surface area contributed by atoms with Gasteiger partial charge in [-0.15, -0.1) is 0 Å². The molecule has 1 aromatic heterocycles. The second-order valence-electron chi connectivity index (χ2n) is 11.4. The summed E-state index contributed by atoms with van der Waals surface area (Å²) in [6.45, 7) is 8.34. The van der Waals surface area contributed by atoms with Gasteiger partial charge in [0.05, 0.1) is 22.4 Å². The zero-order chi connectivity index (χ0) is 26.8. The van der Waals surface area contributed by atoms with Crippen LogP contribution in [0.2, 0.25) is 0 Å². The molecule has 1 aliphatic rings. The minimum atomic E-state index is -0.390. The van der Waals surface area contributed by atoms with Crippen LogP contribution in [0.5, 0.6) is 0 Å². The number of benzene rings is 5. The van der Waals surface area contributed by atoms with E-state index in [0.717, 1.165) is 27.6 Å². The molecule has 0 amide bonds. The average molecular weight is 507 g/mol. The van der Waals surface area contributed by atoms with Crippen molar-refractivity contribution in [1.82, 2.24) is 4.98 Å². The summed E-state index contributed by atoms with van der Waals surface area (Å²) in [5.41, 5.74) is 5.72. The SMILES string of the molecule is CC1(C)OB(c2ccc(-c3nc4ccccc4c4c3cc(-c3ccccc3)c3ccccc34)cc2)OC1(C)C. The first kappa shape index (κ1) is 24.1. The van der Waals surface area contributed by atoms with E-state index < -0.39 is 0 Å². The first-order chi connectivity index (χ1) is 18.8. The first-order valence-corrected chi connectivity index (χ1v) is 13.6. The van der Waals surface area contributed by atoms with Crippen LogP contribution in [0.15, 0.2) is 109 Å². The summed E-state index contributed by atoms with van der Waals surface area (Å²) in [6.07, 6.45) is 0. The minimum absolute atomic E-state index is 0.374. The van der Waals surface area contributed by atoms with Crippen molar-refractivity contribution in [3.05, 3.63) is 109 Å². The van der Waals surface area contributed by atoms with Gasteiger partial charge in [-0.3, -0.25) is 0 Å². The Kier molecular flexibility index (Phi) is 5.42. The molecule has 0 radical (unpaired) electrons. The third-order valence-electron chi connectivity index (χ3n) is 8.50. The normalized spacial score (nSPS) is 16.4. The van der Waals surface area contributed by atoms with Crippen molar-refractivity contribution >= 4 is 45.0 Å². The maximum absolute atomic E-state index is 6.30. The monoisotopic (exact) mass is 507 g/mol. The molecule has 2 heterocycles. The van der Waals surface area contributed by atoms with Gasteiger partial charge in [-0.2, -0.15) is 0 Å². The van der Waals surface area contributed by atoms with Gasteiger partial charge in [-0.05, 0) is 67.2 Å². The third kappa shape index (κ3) is 3.86. The molecule has 0 bridgehead atoms. The van der Waals surface area contributed by atoms with Crippen LogP contribution in [-0.4, -0.2) is 23.3 Å². The summed E-state index contributed by atoms with van der Waals surface area (Å²) in [6, 6.07) is 38.6. The fraction of sp³-hybridized carbons (Fsp3) is 0.171. The highest BCUT2D eigenvalue weighted by atomic mass is 16.7. The highest BCUT2D eigenvalue weighted by Gasteiger charge is 2.51. The second kappa shape index (κ2) is 8.77. The summed E-state index contributed by atoms with van der Waals surface area (Å²) >= 11 is 0. The van der Waals surface area contributed by atoms with E-state index in [4.69, 9.17) is 14.3 Å². The number of para-hydroxylation sites is 1. The molecule has 3 nitrogen and oxygen atoms in total. The fourth-order valence-corrected chi connectivity index (χ4v) is 5.67. The van der Waals surface area contributed by atoms with Gasteiger partial charge in [0.1, 0.15) is 0 Å². The van der Waals surface area contributed by atoms with Crippen molar-refractivity contribution in [3.63, 3.8) is 0 Å². The van der Waals surface area contributed by atoms with Gasteiger partial charge in [-0.25, -0.2) is 4.98 Å². The maximum atomic E-state index is 6.30. The maximum Gasteiger partial charge on any atom is 0.494 e. The van der Waals surface area contributed by atoms with Gasteiger partial charge < -0.3 is 9.31 Å². The molecule has 0 aliphatic carbocycles. The summed E-state index contributed by atoms with van der Waals surface area (Å²) in [5.74, 6) is 0. The Morgan fingerprint density at radius 2 is 1.15 bits per heavy atom. The molecule has 1 aliphatic heterocycles. The predicted octanol–water partition coefficient (Wildman–Crippen LogP) is 8.17. The zero-order valence-electron chi connectivity index (χ0n) is 22.7. The van der Waals surface area contributed by atoms with Crippen LogP contribution in [0.3, 0.4) is 0 Å². The highest BCUT2D eigenvalue weighted by Crippen LogP contribution is 2.41. The van der Waals surface area contributed by atoms with E-state index in [1.807, 2.05) is 0 Å². The van der Waals surface area contributed by atoms with Crippen LogP contribution >= 0.6 is 0 Å². The van der Waals surface area contributed by atoms with Crippen molar-refractivity contribution in [2.45, 2.75) is 38.9 Å². The van der Waals surface area contributed by atoms with Crippen LogP contribution < -0.4 is 5.46 Å². The Balaban J connectivity index is 1.46. The fourth-order valence-electron chi connectivity index (χ4n) is 5.67. The largest absolute Gasteiger partial charge is 0.494 e. The summed E-state index contributed by atoms with van der Waals surface area (Å²) < 4.78 is 12.6. The second-order valence-corrected chi connectivity index (χ2v) is 11.4. The number of rotatable bonds is 3. The number of nitrogens with zero attached hydrogens (tertiary/aromatic N) is 1. The molecule has 39 heavy (non-hydrogen) atoms. The molecule has 1 saturated heterocycles. The van der Waals surface area contributed by atoms with E-state index in [1.165, 1.54) is 32.7 Å². The molecule has 0 unspecified atom stereocenters. The topological polar surface area (TPSA) is 31.4 Å². The lowest BCUT2D eigenvalue weighted by atomic mass is 9.78. The molecule has 5 aromatic carbocycles. The Morgan fingerprint density at radius 1 is 0.564 bits per heavy atom. The first-order valence-electron chi connectivity index (χ1n) is 13.6. The van der Waals surface area contributed by atoms with Crippen molar-refractivity contribution < 1.29 is 9.31 Å². The minimum Gasteiger partial charge on any atom is -0.399 e. The van der Waals surface area contributed by atoms with Crippen LogP contribution in [-0.2, 0) is 9.31 Å². The summed E-state index contributed by atoms with van der Waals surface area (Å²) in [5, 5.41) is 6.04. The molecule has 0 atom stereocenters. The molecule has 0 N–H and O–H groups in total. The quantitative estimate of drug-likeness (QED) is 0.179. The molecule has 0 saturated carbocycles. The van der Waals surface area contributed by atoms with E-state index >= 15 is 0 Å². The number of aromatic nitrogens is 1. The molecule has 190 valence electrons. The summed E-state index contributed by atoms with van der Waals surface area (Å²) in [7, 11) is -0.390. The van der Waals surface area contributed by atoms with Crippen LogP contribution in [0.1, 0.15) is 27.7 Å². The predicted molar refractivity (Wildman–Crippen MR) is 163 cm³/mol. The van der Waals surface area contributed by atoms with Gasteiger partial charge in [-0.1, -0.05) is 97.1 Å². The van der Waals surface area contributed by atoms with Crippen molar-refractivity contribution in [2.24, 2.45) is 0 Å². The van der Waals surface area contributed by atoms with Gasteiger partial charge >= 0.3 is 7.12 Å². The third-order valence-corrected chi connectivity index (χ3v) is 8.50. The molecule has 1 fully saturated rings. The smallest absolute Gasteiger partial charge is 0.399 e. The van der Waals surface area contributed by atoms with E-state index in [-0.39, 0.29) is 18.3 Å². The summed E-state index contributed by atoms with van der Waals surface area (Å²) in [4.78, 5) is 5.23. The van der Waals surface area contributed by atoms with Crippen LogP contribution in [0.25, 0.3) is 54.8 Å². The lowest BCUT2D eigenvalue weighted by Gasteiger charge is -2.32. The Morgan fingerprint density at radius 3 is 1.85 bits per heavy atom.